The lowest BCUT2D eigenvalue weighted by Crippen LogP contribution is -2.55. The number of carbonyl (C=O) groups excluding carboxylic acids is 2. The predicted molar refractivity (Wildman–Crippen MR) is 163 cm³/mol. The van der Waals surface area contributed by atoms with Gasteiger partial charge in [0.05, 0.1) is 17.7 Å². The molecule has 3 aromatic carbocycles. The maximum absolute atomic E-state index is 14.1. The molecule has 1 atom stereocenters. The van der Waals surface area contributed by atoms with E-state index in [1.807, 2.05) is 34.6 Å². The zero-order valence-corrected chi connectivity index (χ0v) is 25.9. The van der Waals surface area contributed by atoms with Crippen LogP contribution in [0.4, 0.5) is 5.69 Å². The summed E-state index contributed by atoms with van der Waals surface area (Å²) in [5, 5.41) is 3.40. The Balaban J connectivity index is 2.08. The van der Waals surface area contributed by atoms with Crippen molar-refractivity contribution in [1.82, 2.24) is 10.2 Å². The number of nitrogens with one attached hydrogen (secondary N) is 1. The van der Waals surface area contributed by atoms with Crippen molar-refractivity contribution in [3.8, 4) is 5.75 Å². The number of ether oxygens (including phenoxy) is 1. The van der Waals surface area contributed by atoms with Gasteiger partial charge in [-0.3, -0.25) is 13.9 Å². The fourth-order valence-corrected chi connectivity index (χ4v) is 5.91. The van der Waals surface area contributed by atoms with Gasteiger partial charge in [0, 0.05) is 17.1 Å². The second-order valence-electron chi connectivity index (χ2n) is 10.8. The average molecular weight is 600 g/mol. The molecule has 0 aromatic heterocycles. The van der Waals surface area contributed by atoms with Crippen LogP contribution in [0, 0.1) is 6.92 Å². The van der Waals surface area contributed by atoms with Crippen molar-refractivity contribution >= 4 is 39.1 Å². The van der Waals surface area contributed by atoms with Gasteiger partial charge in [-0.1, -0.05) is 54.4 Å². The van der Waals surface area contributed by atoms with Crippen molar-refractivity contribution in [2.45, 2.75) is 64.1 Å². The Morgan fingerprint density at radius 2 is 1.59 bits per heavy atom. The van der Waals surface area contributed by atoms with Crippen LogP contribution in [0.1, 0.15) is 45.2 Å². The first-order valence-corrected chi connectivity index (χ1v) is 15.2. The Hall–Kier alpha value is -3.56. The van der Waals surface area contributed by atoms with Gasteiger partial charge in [-0.25, -0.2) is 8.42 Å². The highest BCUT2D eigenvalue weighted by molar-refractivity contribution is 7.92. The molecule has 1 N–H and O–H groups in total. The van der Waals surface area contributed by atoms with E-state index in [0.29, 0.717) is 28.4 Å². The lowest BCUT2D eigenvalue weighted by molar-refractivity contribution is -0.141. The van der Waals surface area contributed by atoms with Crippen LogP contribution >= 0.6 is 11.6 Å². The lowest BCUT2D eigenvalue weighted by atomic mass is 10.1. The van der Waals surface area contributed by atoms with E-state index in [4.69, 9.17) is 16.3 Å². The molecule has 3 rings (SSSR count). The maximum atomic E-state index is 14.1. The number of methoxy groups -OCH3 is 1. The molecule has 0 unspecified atom stereocenters. The van der Waals surface area contributed by atoms with Crippen molar-refractivity contribution in [2.24, 2.45) is 0 Å². The average Bonchev–Trinajstić information content (AvgIpc) is 2.92. The Bertz CT molecular complexity index is 1450. The third-order valence-electron chi connectivity index (χ3n) is 6.43. The standard InChI is InChI=1S/C31H38ClN3O5S/c1-7-28(30(37)33-31(3,4)5)34(20-23-10-8-9-11-27(23)32)29(36)21-35(24-14-12-22(2)13-15-24)41(38,39)26-18-16-25(40-6)17-19-26/h8-19,28H,7,20-21H2,1-6H3,(H,33,37)/t28-/m1/s1. The molecule has 0 bridgehead atoms. The van der Waals surface area contributed by atoms with Crippen LogP contribution in [0.3, 0.4) is 0 Å². The third-order valence-corrected chi connectivity index (χ3v) is 8.59. The van der Waals surface area contributed by atoms with Crippen LogP contribution in [0.25, 0.3) is 0 Å². The highest BCUT2D eigenvalue weighted by atomic mass is 35.5. The van der Waals surface area contributed by atoms with Gasteiger partial charge in [0.1, 0.15) is 18.3 Å². The second-order valence-corrected chi connectivity index (χ2v) is 13.1. The first kappa shape index (κ1) is 32.0. The van der Waals surface area contributed by atoms with E-state index >= 15 is 0 Å². The van der Waals surface area contributed by atoms with Crippen LogP contribution in [-0.4, -0.2) is 50.4 Å². The van der Waals surface area contributed by atoms with Gasteiger partial charge < -0.3 is 15.0 Å². The van der Waals surface area contributed by atoms with Crippen LogP contribution < -0.4 is 14.4 Å². The number of carbonyl (C=O) groups is 2. The number of aryl methyl sites for hydroxylation is 1. The van der Waals surface area contributed by atoms with Crippen LogP contribution in [0.5, 0.6) is 5.75 Å². The zero-order chi connectivity index (χ0) is 30.4. The summed E-state index contributed by atoms with van der Waals surface area (Å²) in [6.45, 7) is 8.78. The number of sulfonamides is 1. The Morgan fingerprint density at radius 1 is 0.976 bits per heavy atom. The summed E-state index contributed by atoms with van der Waals surface area (Å²) >= 11 is 6.45. The molecule has 0 saturated carbocycles. The first-order chi connectivity index (χ1) is 19.3. The molecule has 220 valence electrons. The summed E-state index contributed by atoms with van der Waals surface area (Å²) in [4.78, 5) is 28.9. The molecule has 0 fully saturated rings. The van der Waals surface area contributed by atoms with E-state index in [2.05, 4.69) is 5.32 Å². The normalized spacial score (nSPS) is 12.4. The fraction of sp³-hybridized carbons (Fsp3) is 0.355. The van der Waals surface area contributed by atoms with Crippen LogP contribution in [-0.2, 0) is 26.2 Å². The number of nitrogens with zero attached hydrogens (tertiary/aromatic N) is 2. The lowest BCUT2D eigenvalue weighted by Gasteiger charge is -2.35. The summed E-state index contributed by atoms with van der Waals surface area (Å²) in [6, 6.07) is 19.1. The van der Waals surface area contributed by atoms with E-state index in [0.717, 1.165) is 9.87 Å². The van der Waals surface area contributed by atoms with Gasteiger partial charge in [0.2, 0.25) is 11.8 Å². The second kappa shape index (κ2) is 13.4. The van der Waals surface area contributed by atoms with E-state index in [1.165, 1.54) is 24.1 Å². The largest absolute Gasteiger partial charge is 0.497 e. The molecule has 8 nitrogen and oxygen atoms in total. The number of amides is 2. The first-order valence-electron chi connectivity index (χ1n) is 13.3. The molecule has 0 spiro atoms. The third kappa shape index (κ3) is 8.24. The highest BCUT2D eigenvalue weighted by Crippen LogP contribution is 2.27. The van der Waals surface area contributed by atoms with Gasteiger partial charge in [-0.05, 0) is 82.1 Å². The number of rotatable bonds is 11. The molecule has 0 aliphatic carbocycles. The van der Waals surface area contributed by atoms with Gasteiger partial charge in [0.15, 0.2) is 0 Å². The minimum Gasteiger partial charge on any atom is -0.497 e. The molecule has 2 amide bonds. The van der Waals surface area contributed by atoms with E-state index < -0.39 is 34.1 Å². The molecular formula is C31H38ClN3O5S. The van der Waals surface area contributed by atoms with E-state index in [-0.39, 0.29) is 17.3 Å². The molecule has 0 aliphatic rings. The number of hydrogen-bond donors (Lipinski definition) is 1. The van der Waals surface area contributed by atoms with Gasteiger partial charge >= 0.3 is 0 Å². The van der Waals surface area contributed by atoms with Crippen molar-refractivity contribution in [3.05, 3.63) is 88.9 Å². The van der Waals surface area contributed by atoms with E-state index in [9.17, 15) is 18.0 Å². The summed E-state index contributed by atoms with van der Waals surface area (Å²) in [6.07, 6.45) is 0.313. The monoisotopic (exact) mass is 599 g/mol. The van der Waals surface area contributed by atoms with Crippen molar-refractivity contribution < 1.29 is 22.7 Å². The summed E-state index contributed by atoms with van der Waals surface area (Å²) < 4.78 is 34.2. The van der Waals surface area contributed by atoms with Crippen LogP contribution in [0.2, 0.25) is 5.02 Å². The quantitative estimate of drug-likeness (QED) is 0.311. The maximum Gasteiger partial charge on any atom is 0.264 e. The van der Waals surface area contributed by atoms with E-state index in [1.54, 1.807) is 60.7 Å². The van der Waals surface area contributed by atoms with Gasteiger partial charge in [0.25, 0.3) is 10.0 Å². The number of benzene rings is 3. The Kier molecular flexibility index (Phi) is 10.4. The SMILES string of the molecule is CC[C@H](C(=O)NC(C)(C)C)N(Cc1ccccc1Cl)C(=O)CN(c1ccc(C)cc1)S(=O)(=O)c1ccc(OC)cc1. The molecule has 3 aromatic rings. The molecule has 10 heteroatoms. The number of anilines is 1. The molecule has 41 heavy (non-hydrogen) atoms. The molecule has 0 saturated heterocycles. The van der Waals surface area contributed by atoms with Crippen molar-refractivity contribution in [2.75, 3.05) is 18.0 Å². The molecule has 0 heterocycles. The van der Waals surface area contributed by atoms with Crippen molar-refractivity contribution in [3.63, 3.8) is 0 Å². The zero-order valence-electron chi connectivity index (χ0n) is 24.3. The molecular weight excluding hydrogens is 562 g/mol. The van der Waals surface area contributed by atoms with Gasteiger partial charge in [-0.15, -0.1) is 0 Å². The Morgan fingerprint density at radius 3 is 2.12 bits per heavy atom. The highest BCUT2D eigenvalue weighted by Gasteiger charge is 2.34. The summed E-state index contributed by atoms with van der Waals surface area (Å²) in [7, 11) is -2.69. The minimum atomic E-state index is -4.18. The number of hydrogen-bond acceptors (Lipinski definition) is 5. The number of halogens is 1. The summed E-state index contributed by atoms with van der Waals surface area (Å²) in [5.74, 6) is -0.373. The smallest absolute Gasteiger partial charge is 0.264 e. The fourth-order valence-electron chi connectivity index (χ4n) is 4.30. The molecule has 0 aliphatic heterocycles. The minimum absolute atomic E-state index is 0.00171. The van der Waals surface area contributed by atoms with Crippen LogP contribution in [0.15, 0.2) is 77.7 Å². The predicted octanol–water partition coefficient (Wildman–Crippen LogP) is 5.57. The summed E-state index contributed by atoms with van der Waals surface area (Å²) in [5.41, 5.74) is 1.37. The Labute approximate surface area is 248 Å². The van der Waals surface area contributed by atoms with Gasteiger partial charge in [-0.2, -0.15) is 0 Å². The topological polar surface area (TPSA) is 96.0 Å². The molecule has 0 radical (unpaired) electrons. The van der Waals surface area contributed by atoms with Crippen molar-refractivity contribution in [1.29, 1.82) is 0 Å².